The van der Waals surface area contributed by atoms with Crippen molar-refractivity contribution in [2.45, 2.75) is 45.6 Å². The van der Waals surface area contributed by atoms with Gasteiger partial charge in [-0.15, -0.1) is 0 Å². The first-order chi connectivity index (χ1) is 17.3. The number of halogens is 6. The minimum atomic E-state index is -2.36. The molecule has 4 rings (SSSR count). The van der Waals surface area contributed by atoms with Gasteiger partial charge in [-0.3, -0.25) is 0 Å². The molecular weight excluding hydrogens is 619 g/mol. The minimum Gasteiger partial charge on any atom is -0.480 e. The lowest BCUT2D eigenvalue weighted by Crippen LogP contribution is -2.16. The van der Waals surface area contributed by atoms with E-state index in [9.17, 15) is 26.7 Å². The Balaban J connectivity index is 0.00000176. The van der Waals surface area contributed by atoms with Crippen LogP contribution < -0.4 is 9.47 Å². The summed E-state index contributed by atoms with van der Waals surface area (Å²) in [5.41, 5.74) is 2.09. The van der Waals surface area contributed by atoms with Crippen LogP contribution in [0, 0.1) is 29.1 Å². The van der Waals surface area contributed by atoms with E-state index in [-0.39, 0.29) is 24.5 Å². The molecule has 5 nitrogen and oxygen atoms in total. The smallest absolute Gasteiger partial charge is 0.349 e. The quantitative estimate of drug-likeness (QED) is 0.0500. The highest BCUT2D eigenvalue weighted by Crippen LogP contribution is 2.41. The Labute approximate surface area is 219 Å². The summed E-state index contributed by atoms with van der Waals surface area (Å²) in [7, 11) is 1.22. The summed E-state index contributed by atoms with van der Waals surface area (Å²) < 4.78 is 83.6. The van der Waals surface area contributed by atoms with Crippen LogP contribution in [-0.4, -0.2) is 18.1 Å². The number of ether oxygens (including phenoxy) is 2. The molecule has 1 saturated carbocycles. The number of hydrogen-bond donors (Lipinski definition) is 0. The van der Waals surface area contributed by atoms with Crippen molar-refractivity contribution in [3.63, 3.8) is 0 Å². The van der Waals surface area contributed by atoms with E-state index in [1.54, 1.807) is 6.07 Å². The Morgan fingerprint density at radius 3 is 2.19 bits per heavy atom. The molecule has 1 atom stereocenters. The lowest BCUT2D eigenvalue weighted by Gasteiger charge is -2.28. The summed E-state index contributed by atoms with van der Waals surface area (Å²) in [4.78, 5) is 17.1. The molecule has 2 aromatic carbocycles. The van der Waals surface area contributed by atoms with Gasteiger partial charge in [-0.05, 0) is 52.4 Å². The Morgan fingerprint density at radius 2 is 1.67 bits per heavy atom. The maximum atomic E-state index is 14.0. The maximum Gasteiger partial charge on any atom is 0.349 e. The van der Waals surface area contributed by atoms with Crippen molar-refractivity contribution in [1.29, 1.82) is 0 Å². The van der Waals surface area contributed by atoms with Crippen LogP contribution in [0.25, 0.3) is 10.9 Å². The zero-order valence-electron chi connectivity index (χ0n) is 19.5. The molecule has 1 fully saturated rings. The van der Waals surface area contributed by atoms with Crippen LogP contribution in [-0.2, 0) is 11.1 Å². The molecule has 36 heavy (non-hydrogen) atoms. The van der Waals surface area contributed by atoms with Gasteiger partial charge in [0.25, 0.3) is 0 Å². The molecule has 1 aromatic heterocycles. The number of rotatable bonds is 7. The highest BCUT2D eigenvalue weighted by molar-refractivity contribution is 14.2. The third-order valence-electron chi connectivity index (χ3n) is 5.69. The fourth-order valence-corrected chi connectivity index (χ4v) is 4.44. The van der Waals surface area contributed by atoms with Crippen LogP contribution >= 0.6 is 28.5 Å². The molecule has 1 unspecified atom stereocenters. The molecule has 0 aliphatic heterocycles. The number of esters is 1. The topological polar surface area (TPSA) is 57.7 Å². The van der Waals surface area contributed by atoms with Gasteiger partial charge in [-0.1, -0.05) is 32.4 Å². The second-order valence-corrected chi connectivity index (χ2v) is 9.30. The molecule has 3 aromatic rings. The van der Waals surface area contributed by atoms with E-state index < -0.39 is 40.8 Å². The van der Waals surface area contributed by atoms with E-state index in [0.717, 1.165) is 30.4 Å². The van der Waals surface area contributed by atoms with Gasteiger partial charge in [-0.2, -0.15) is 8.78 Å². The number of methoxy groups -OCH3 is 1. The van der Waals surface area contributed by atoms with Gasteiger partial charge in [0, 0.05) is 10.9 Å². The standard InChI is InChI=1S/C22H16F5INO4P.C2H6/c1-31-21-12(22(30)33-20-17(26)15(24)14(23)16(25)18(20)27)7-10-5-6-11(9-3-2-4-9)13(8-32-34-28)19(10)29-21;1-2/h5-7,9,34H,2-4,8H2,1H3;1-2H3. The van der Waals surface area contributed by atoms with Crippen LogP contribution in [0.2, 0.25) is 0 Å². The number of nitrogens with zero attached hydrogens (tertiary/aromatic N) is 1. The Bertz CT molecular complexity index is 1260. The lowest BCUT2D eigenvalue weighted by molar-refractivity contribution is 0.0712. The first-order valence-electron chi connectivity index (χ1n) is 11.0. The Kier molecular flexibility index (Phi) is 9.82. The minimum absolute atomic E-state index is 0.210. The average molecular weight is 641 g/mol. The van der Waals surface area contributed by atoms with Crippen molar-refractivity contribution in [3.05, 3.63) is 64.0 Å². The van der Waals surface area contributed by atoms with E-state index in [1.807, 2.05) is 19.9 Å². The largest absolute Gasteiger partial charge is 0.480 e. The van der Waals surface area contributed by atoms with Crippen molar-refractivity contribution in [3.8, 4) is 11.6 Å². The molecule has 0 saturated heterocycles. The molecule has 1 aliphatic rings. The highest BCUT2D eigenvalue weighted by Gasteiger charge is 2.30. The number of pyridine rings is 1. The molecule has 0 N–H and O–H groups in total. The number of carbonyl (C=O) groups excluding carboxylic acids is 1. The van der Waals surface area contributed by atoms with E-state index in [1.165, 1.54) is 13.2 Å². The fraction of sp³-hybridized carbons (Fsp3) is 0.333. The van der Waals surface area contributed by atoms with E-state index in [2.05, 4.69) is 31.8 Å². The molecule has 194 valence electrons. The molecule has 1 aliphatic carbocycles. The summed E-state index contributed by atoms with van der Waals surface area (Å²) >= 11 is 2.10. The van der Waals surface area contributed by atoms with Crippen LogP contribution in [0.5, 0.6) is 11.6 Å². The summed E-state index contributed by atoms with van der Waals surface area (Å²) in [5, 5.41) is 0.489. The molecule has 12 heteroatoms. The normalized spacial score (nSPS) is 13.5. The van der Waals surface area contributed by atoms with Crippen molar-refractivity contribution in [2.75, 3.05) is 7.11 Å². The van der Waals surface area contributed by atoms with Gasteiger partial charge >= 0.3 is 5.97 Å². The second kappa shape index (κ2) is 12.4. The molecule has 0 spiro atoms. The number of hydrogen-bond acceptors (Lipinski definition) is 5. The molecule has 0 radical (unpaired) electrons. The number of carbonyl (C=O) groups is 1. The average Bonchev–Trinajstić information content (AvgIpc) is 2.87. The van der Waals surface area contributed by atoms with Crippen LogP contribution in [0.1, 0.15) is 60.5 Å². The van der Waals surface area contributed by atoms with Crippen molar-refractivity contribution < 1.29 is 40.7 Å². The van der Waals surface area contributed by atoms with Crippen molar-refractivity contribution in [1.82, 2.24) is 4.98 Å². The number of aromatic nitrogens is 1. The SMILES string of the molecule is CC.COc1nc2c(COPI)c(C3CCC3)ccc2cc1C(=O)Oc1c(F)c(F)c(F)c(F)c1F. The predicted octanol–water partition coefficient (Wildman–Crippen LogP) is 7.91. The predicted molar refractivity (Wildman–Crippen MR) is 135 cm³/mol. The molecule has 1 heterocycles. The van der Waals surface area contributed by atoms with E-state index >= 15 is 0 Å². The fourth-order valence-electron chi connectivity index (χ4n) is 3.77. The maximum absolute atomic E-state index is 14.0. The first-order valence-corrected chi connectivity index (χ1v) is 15.0. The number of fused-ring (bicyclic) bond motifs is 1. The lowest BCUT2D eigenvalue weighted by atomic mass is 9.78. The Morgan fingerprint density at radius 1 is 1.06 bits per heavy atom. The van der Waals surface area contributed by atoms with E-state index in [0.29, 0.717) is 16.8 Å². The summed E-state index contributed by atoms with van der Waals surface area (Å²) in [5.74, 6) is -14.3. The summed E-state index contributed by atoms with van der Waals surface area (Å²) in [6.45, 7) is 4.50. The van der Waals surface area contributed by atoms with Crippen LogP contribution in [0.4, 0.5) is 22.0 Å². The van der Waals surface area contributed by atoms with Gasteiger partial charge in [0.1, 0.15) is 5.56 Å². The molecule has 0 bridgehead atoms. The summed E-state index contributed by atoms with van der Waals surface area (Å²) in [6, 6.07) is 4.98. The zero-order chi connectivity index (χ0) is 26.6. The number of benzene rings is 2. The van der Waals surface area contributed by atoms with Crippen molar-refractivity contribution >= 4 is 45.4 Å². The monoisotopic (exact) mass is 641 g/mol. The Hall–Kier alpha value is -2.11. The highest BCUT2D eigenvalue weighted by atomic mass is 127. The van der Waals surface area contributed by atoms with Gasteiger partial charge in [0.05, 0.1) is 25.7 Å². The van der Waals surface area contributed by atoms with E-state index in [4.69, 9.17) is 9.26 Å². The van der Waals surface area contributed by atoms with Gasteiger partial charge in [0.15, 0.2) is 0 Å². The van der Waals surface area contributed by atoms with Crippen LogP contribution in [0.3, 0.4) is 0 Å². The molecular formula is C24H22F5INO4P. The zero-order valence-corrected chi connectivity index (χ0v) is 22.6. The first kappa shape index (κ1) is 28.5. The van der Waals surface area contributed by atoms with Gasteiger partial charge < -0.3 is 14.0 Å². The third-order valence-corrected chi connectivity index (χ3v) is 6.88. The summed E-state index contributed by atoms with van der Waals surface area (Å²) in [6.07, 6.45) is 3.19. The molecule has 0 amide bonds. The van der Waals surface area contributed by atoms with Gasteiger partial charge in [-0.25, -0.2) is 22.9 Å². The second-order valence-electron chi connectivity index (χ2n) is 7.53. The van der Waals surface area contributed by atoms with Crippen molar-refractivity contribution in [2.24, 2.45) is 0 Å². The third kappa shape index (κ3) is 5.43. The van der Waals surface area contributed by atoms with Crippen LogP contribution in [0.15, 0.2) is 18.2 Å². The van der Waals surface area contributed by atoms with Gasteiger partial charge in [0.2, 0.25) is 40.7 Å².